The van der Waals surface area contributed by atoms with E-state index in [-0.39, 0.29) is 24.7 Å². The molecule has 1 aliphatic rings. The molecular weight excluding hydrogens is 603 g/mol. The average molecular weight is 638 g/mol. The number of carbonyl (C=O) groups is 4. The summed E-state index contributed by atoms with van der Waals surface area (Å²) in [7, 11) is -4.36. The Hall–Kier alpha value is -3.07. The van der Waals surface area contributed by atoms with Gasteiger partial charge in [-0.3, -0.25) is 14.9 Å². The summed E-state index contributed by atoms with van der Waals surface area (Å²) in [6, 6.07) is 10.9. The third kappa shape index (κ3) is 7.65. The SMILES string of the molecule is CCOC(=O)C(CS)NC(=O)C1NC(C(=O)NC(CS)C(=O)OCC)C(c2ccccc2)S(=O)(=O)C1c1ccccc1. The number of thiol groups is 2. The number of esters is 2. The van der Waals surface area contributed by atoms with E-state index in [0.717, 1.165) is 0 Å². The molecule has 1 fully saturated rings. The summed E-state index contributed by atoms with van der Waals surface area (Å²) in [6.45, 7) is 3.35. The molecule has 0 radical (unpaired) electrons. The summed E-state index contributed by atoms with van der Waals surface area (Å²) in [4.78, 5) is 52.3. The van der Waals surface area contributed by atoms with E-state index in [1.807, 2.05) is 0 Å². The summed E-state index contributed by atoms with van der Waals surface area (Å²) < 4.78 is 39.1. The summed E-state index contributed by atoms with van der Waals surface area (Å²) in [5, 5.41) is 5.11. The van der Waals surface area contributed by atoms with Gasteiger partial charge >= 0.3 is 11.9 Å². The van der Waals surface area contributed by atoms with Crippen LogP contribution in [0, 0.1) is 0 Å². The van der Waals surface area contributed by atoms with Crippen molar-refractivity contribution in [1.82, 2.24) is 16.0 Å². The highest BCUT2D eigenvalue weighted by Gasteiger charge is 2.54. The number of amides is 2. The number of hydrogen-bond donors (Lipinski definition) is 5. The van der Waals surface area contributed by atoms with E-state index in [4.69, 9.17) is 9.47 Å². The van der Waals surface area contributed by atoms with Gasteiger partial charge in [-0.25, -0.2) is 18.0 Å². The molecule has 0 bridgehead atoms. The molecule has 1 aliphatic heterocycles. The van der Waals surface area contributed by atoms with Crippen molar-refractivity contribution in [2.45, 2.75) is 48.5 Å². The molecule has 2 aromatic carbocycles. The maximum absolute atomic E-state index is 14.5. The van der Waals surface area contributed by atoms with Crippen LogP contribution in [0.25, 0.3) is 0 Å². The Morgan fingerprint density at radius 1 is 0.738 bits per heavy atom. The molecule has 2 amide bonds. The summed E-state index contributed by atoms with van der Waals surface area (Å²) >= 11 is 8.28. The second kappa shape index (κ2) is 15.4. The lowest BCUT2D eigenvalue weighted by Gasteiger charge is -2.41. The third-order valence-corrected chi connectivity index (χ3v) is 9.87. The van der Waals surface area contributed by atoms with Crippen molar-refractivity contribution in [2.75, 3.05) is 24.7 Å². The number of rotatable bonds is 12. The van der Waals surface area contributed by atoms with E-state index >= 15 is 0 Å². The van der Waals surface area contributed by atoms with Crippen molar-refractivity contribution in [3.05, 3.63) is 71.8 Å². The van der Waals surface area contributed by atoms with Gasteiger partial charge in [0.1, 0.15) is 34.7 Å². The second-order valence-electron chi connectivity index (χ2n) is 9.37. The van der Waals surface area contributed by atoms with Crippen LogP contribution in [0.2, 0.25) is 0 Å². The number of ether oxygens (including phenoxy) is 2. The summed E-state index contributed by atoms with van der Waals surface area (Å²) in [5.74, 6) is -3.39. The highest BCUT2D eigenvalue weighted by atomic mass is 32.2. The van der Waals surface area contributed by atoms with Gasteiger partial charge in [0.25, 0.3) is 0 Å². The van der Waals surface area contributed by atoms with E-state index < -0.39 is 68.3 Å². The maximum atomic E-state index is 14.5. The van der Waals surface area contributed by atoms with Crippen LogP contribution in [0.4, 0.5) is 0 Å². The minimum atomic E-state index is -4.36. The zero-order valence-electron chi connectivity index (χ0n) is 23.1. The average Bonchev–Trinajstić information content (AvgIpc) is 2.98. The monoisotopic (exact) mass is 637 g/mol. The lowest BCUT2D eigenvalue weighted by molar-refractivity contribution is -0.147. The lowest BCUT2D eigenvalue weighted by Crippen LogP contribution is -2.66. The number of benzene rings is 2. The number of carbonyl (C=O) groups excluding carboxylic acids is 4. The summed E-state index contributed by atoms with van der Waals surface area (Å²) in [5.41, 5.74) is 0.617. The first kappa shape index (κ1) is 33.4. The molecule has 0 aromatic heterocycles. The molecule has 0 spiro atoms. The minimum absolute atomic E-state index is 0.0649. The van der Waals surface area contributed by atoms with Crippen molar-refractivity contribution in [3.63, 3.8) is 0 Å². The zero-order valence-corrected chi connectivity index (χ0v) is 25.7. The van der Waals surface area contributed by atoms with Gasteiger partial charge in [0.05, 0.1) is 13.2 Å². The fraction of sp³-hybridized carbons (Fsp3) is 0.429. The van der Waals surface area contributed by atoms with Crippen LogP contribution in [0.1, 0.15) is 35.5 Å². The minimum Gasteiger partial charge on any atom is -0.464 e. The quantitative estimate of drug-likeness (QED) is 0.170. The molecule has 1 saturated heterocycles. The second-order valence-corrected chi connectivity index (χ2v) is 12.3. The highest BCUT2D eigenvalue weighted by Crippen LogP contribution is 2.42. The van der Waals surface area contributed by atoms with Gasteiger partial charge < -0.3 is 20.1 Å². The topological polar surface area (TPSA) is 157 Å². The summed E-state index contributed by atoms with van der Waals surface area (Å²) in [6.07, 6.45) is 0. The van der Waals surface area contributed by atoms with Gasteiger partial charge in [-0.2, -0.15) is 25.3 Å². The molecule has 1 heterocycles. The Morgan fingerprint density at radius 3 is 1.40 bits per heavy atom. The Bertz CT molecular complexity index is 1250. The van der Waals surface area contributed by atoms with Crippen molar-refractivity contribution in [2.24, 2.45) is 0 Å². The molecule has 0 aliphatic carbocycles. The van der Waals surface area contributed by atoms with Crippen LogP contribution in [0.15, 0.2) is 60.7 Å². The lowest BCUT2D eigenvalue weighted by atomic mass is 9.98. The van der Waals surface area contributed by atoms with Gasteiger partial charge in [0, 0.05) is 11.5 Å². The number of hydrogen-bond acceptors (Lipinski definition) is 11. The van der Waals surface area contributed by atoms with Crippen molar-refractivity contribution in [1.29, 1.82) is 0 Å². The van der Waals surface area contributed by atoms with Crippen LogP contribution in [-0.4, -0.2) is 81.1 Å². The fourth-order valence-electron chi connectivity index (χ4n) is 4.75. The molecule has 0 saturated carbocycles. The molecule has 42 heavy (non-hydrogen) atoms. The van der Waals surface area contributed by atoms with Gasteiger partial charge in [-0.1, -0.05) is 60.7 Å². The molecule has 11 nitrogen and oxygen atoms in total. The van der Waals surface area contributed by atoms with E-state index in [2.05, 4.69) is 41.2 Å². The van der Waals surface area contributed by atoms with Crippen LogP contribution < -0.4 is 16.0 Å². The smallest absolute Gasteiger partial charge is 0.329 e. The van der Waals surface area contributed by atoms with Crippen LogP contribution in [0.3, 0.4) is 0 Å². The van der Waals surface area contributed by atoms with Gasteiger partial charge in [0.15, 0.2) is 9.84 Å². The number of nitrogens with one attached hydrogen (secondary N) is 3. The Kier molecular flexibility index (Phi) is 12.3. The normalized spacial score (nSPS) is 22.7. The molecule has 6 unspecified atom stereocenters. The number of sulfone groups is 1. The first-order chi connectivity index (χ1) is 20.1. The molecule has 14 heteroatoms. The van der Waals surface area contributed by atoms with Crippen LogP contribution in [-0.2, 0) is 38.5 Å². The molecular formula is C28H35N3O8S3. The van der Waals surface area contributed by atoms with Crippen molar-refractivity contribution in [3.8, 4) is 0 Å². The standard InChI is InChI=1S/C28H35N3O8S3/c1-3-38-27(34)19(15-40)29-25(32)21-23(17-11-7-5-8-12-17)42(36,37)24(18-13-9-6-10-14-18)22(31-21)26(33)30-20(16-41)28(35)39-4-2/h5-14,19-24,31,40-41H,3-4,15-16H2,1-2H3,(H,29,32)(H,30,33). The van der Waals surface area contributed by atoms with Gasteiger partial charge in [-0.05, 0) is 25.0 Å². The third-order valence-electron chi connectivity index (χ3n) is 6.63. The van der Waals surface area contributed by atoms with Crippen LogP contribution in [0.5, 0.6) is 0 Å². The predicted octanol–water partition coefficient (Wildman–Crippen LogP) is 1.18. The highest BCUT2D eigenvalue weighted by molar-refractivity contribution is 7.92. The molecule has 228 valence electrons. The van der Waals surface area contributed by atoms with Crippen molar-refractivity contribution >= 4 is 58.8 Å². The van der Waals surface area contributed by atoms with Crippen molar-refractivity contribution < 1.29 is 37.1 Å². The first-order valence-corrected chi connectivity index (χ1v) is 16.2. The van der Waals surface area contributed by atoms with Gasteiger partial charge in [0.2, 0.25) is 11.8 Å². The van der Waals surface area contributed by atoms with E-state index in [0.29, 0.717) is 11.1 Å². The largest absolute Gasteiger partial charge is 0.464 e. The zero-order chi connectivity index (χ0) is 30.9. The predicted molar refractivity (Wildman–Crippen MR) is 163 cm³/mol. The van der Waals surface area contributed by atoms with E-state index in [1.54, 1.807) is 74.5 Å². The Balaban J connectivity index is 2.12. The fourth-order valence-corrected chi connectivity index (χ4v) is 7.78. The molecule has 6 atom stereocenters. The molecule has 2 aromatic rings. The Morgan fingerprint density at radius 2 is 1.10 bits per heavy atom. The van der Waals surface area contributed by atoms with E-state index in [9.17, 15) is 27.6 Å². The van der Waals surface area contributed by atoms with Gasteiger partial charge in [-0.15, -0.1) is 0 Å². The maximum Gasteiger partial charge on any atom is 0.329 e. The first-order valence-electron chi connectivity index (χ1n) is 13.3. The molecule has 3 N–H and O–H groups in total. The van der Waals surface area contributed by atoms with Crippen LogP contribution >= 0.6 is 25.3 Å². The molecule has 3 rings (SSSR count). The van der Waals surface area contributed by atoms with E-state index in [1.165, 1.54) is 0 Å². The Labute approximate surface area is 256 Å².